The van der Waals surface area contributed by atoms with E-state index in [0.717, 1.165) is 0 Å². The first-order valence-corrected chi connectivity index (χ1v) is 3.84. The lowest BCUT2D eigenvalue weighted by Gasteiger charge is -1.96. The quantitative estimate of drug-likeness (QED) is 0.762. The van der Waals surface area contributed by atoms with Crippen LogP contribution in [0.1, 0.15) is 5.69 Å². The van der Waals surface area contributed by atoms with Crippen LogP contribution in [-0.4, -0.2) is 21.0 Å². The van der Waals surface area contributed by atoms with Crippen LogP contribution in [0.2, 0.25) is 0 Å². The molecular formula is C6H5BrN2O3. The molecule has 0 bridgehead atoms. The number of carboxylic acids is 1. The van der Waals surface area contributed by atoms with E-state index in [1.807, 2.05) is 0 Å². The molecule has 1 aromatic rings. The van der Waals surface area contributed by atoms with Crippen LogP contribution in [0.25, 0.3) is 0 Å². The average Bonchev–Trinajstić information content (AvgIpc) is 1.98. The summed E-state index contributed by atoms with van der Waals surface area (Å²) >= 11 is 2.94. The lowest BCUT2D eigenvalue weighted by atomic mass is 10.3. The molecule has 12 heavy (non-hydrogen) atoms. The van der Waals surface area contributed by atoms with E-state index in [1.54, 1.807) is 0 Å². The van der Waals surface area contributed by atoms with Crippen molar-refractivity contribution in [2.45, 2.75) is 6.42 Å². The Bertz CT molecular complexity index is 360. The Labute approximate surface area is 75.6 Å². The van der Waals surface area contributed by atoms with E-state index in [0.29, 0.717) is 0 Å². The first-order chi connectivity index (χ1) is 5.61. The zero-order valence-electron chi connectivity index (χ0n) is 5.87. The molecule has 5 nitrogen and oxygen atoms in total. The highest BCUT2D eigenvalue weighted by Gasteiger charge is 2.08. The fourth-order valence-corrected chi connectivity index (χ4v) is 1.04. The van der Waals surface area contributed by atoms with Crippen LogP contribution in [-0.2, 0) is 11.2 Å². The summed E-state index contributed by atoms with van der Waals surface area (Å²) in [7, 11) is 0. The van der Waals surface area contributed by atoms with Gasteiger partial charge in [-0.3, -0.25) is 9.59 Å². The molecule has 1 heterocycles. The molecule has 0 aromatic carbocycles. The predicted molar refractivity (Wildman–Crippen MR) is 43.9 cm³/mol. The molecule has 0 aliphatic heterocycles. The van der Waals surface area contributed by atoms with E-state index in [1.165, 1.54) is 6.33 Å². The third kappa shape index (κ3) is 1.91. The van der Waals surface area contributed by atoms with E-state index in [2.05, 4.69) is 25.9 Å². The maximum absolute atomic E-state index is 10.9. The second-order valence-corrected chi connectivity index (χ2v) is 2.86. The summed E-state index contributed by atoms with van der Waals surface area (Å²) in [5.74, 6) is -1.02. The summed E-state index contributed by atoms with van der Waals surface area (Å²) in [6, 6.07) is 0. The smallest absolute Gasteiger partial charge is 0.309 e. The molecule has 6 heteroatoms. The van der Waals surface area contributed by atoms with Gasteiger partial charge in [0.15, 0.2) is 0 Å². The van der Waals surface area contributed by atoms with Crippen molar-refractivity contribution in [3.05, 3.63) is 26.8 Å². The molecule has 0 fully saturated rings. The van der Waals surface area contributed by atoms with Gasteiger partial charge in [-0.05, 0) is 15.9 Å². The highest BCUT2D eigenvalue weighted by Crippen LogP contribution is 2.07. The van der Waals surface area contributed by atoms with Gasteiger partial charge in [0, 0.05) is 0 Å². The van der Waals surface area contributed by atoms with Gasteiger partial charge in [-0.1, -0.05) is 0 Å². The maximum Gasteiger partial charge on any atom is 0.309 e. The Kier molecular flexibility index (Phi) is 2.59. The van der Waals surface area contributed by atoms with Crippen molar-refractivity contribution in [2.75, 3.05) is 0 Å². The van der Waals surface area contributed by atoms with Crippen molar-refractivity contribution in [1.29, 1.82) is 0 Å². The van der Waals surface area contributed by atoms with E-state index in [-0.39, 0.29) is 22.1 Å². The number of aliphatic carboxylic acids is 1. The van der Waals surface area contributed by atoms with E-state index >= 15 is 0 Å². The summed E-state index contributed by atoms with van der Waals surface area (Å²) in [6.45, 7) is 0. The zero-order chi connectivity index (χ0) is 9.14. The summed E-state index contributed by atoms with van der Waals surface area (Å²) in [4.78, 5) is 27.1. The van der Waals surface area contributed by atoms with Gasteiger partial charge in [-0.15, -0.1) is 0 Å². The molecule has 0 spiro atoms. The van der Waals surface area contributed by atoms with Crippen LogP contribution < -0.4 is 5.56 Å². The summed E-state index contributed by atoms with van der Waals surface area (Å²) in [5, 5.41) is 8.41. The van der Waals surface area contributed by atoms with Crippen molar-refractivity contribution < 1.29 is 9.90 Å². The Morgan fingerprint density at radius 1 is 1.75 bits per heavy atom. The number of carboxylic acid groups (broad SMARTS) is 1. The molecule has 64 valence electrons. The van der Waals surface area contributed by atoms with E-state index in [9.17, 15) is 9.59 Å². The van der Waals surface area contributed by atoms with Crippen molar-refractivity contribution >= 4 is 21.9 Å². The van der Waals surface area contributed by atoms with Crippen LogP contribution in [0.3, 0.4) is 0 Å². The summed E-state index contributed by atoms with van der Waals surface area (Å²) in [5.41, 5.74) is -0.146. The molecule has 2 N–H and O–H groups in total. The monoisotopic (exact) mass is 232 g/mol. The number of hydrogen-bond donors (Lipinski definition) is 2. The first kappa shape index (κ1) is 8.92. The topological polar surface area (TPSA) is 83.0 Å². The van der Waals surface area contributed by atoms with Gasteiger partial charge in [-0.2, -0.15) is 0 Å². The highest BCUT2D eigenvalue weighted by atomic mass is 79.9. The number of rotatable bonds is 2. The third-order valence-corrected chi connectivity index (χ3v) is 2.01. The molecule has 0 amide bonds. The maximum atomic E-state index is 10.9. The SMILES string of the molecule is O=C(O)Cc1nc[nH]c(=O)c1Br. The minimum absolute atomic E-state index is 0.174. The van der Waals surface area contributed by atoms with Gasteiger partial charge < -0.3 is 10.1 Å². The fraction of sp³-hybridized carbons (Fsp3) is 0.167. The minimum Gasteiger partial charge on any atom is -0.481 e. The third-order valence-electron chi connectivity index (χ3n) is 1.19. The number of aromatic amines is 1. The molecule has 0 aliphatic rings. The first-order valence-electron chi connectivity index (χ1n) is 3.05. The lowest BCUT2D eigenvalue weighted by Crippen LogP contribution is -2.13. The minimum atomic E-state index is -1.02. The van der Waals surface area contributed by atoms with Crippen molar-refractivity contribution in [1.82, 2.24) is 9.97 Å². The number of halogens is 1. The van der Waals surface area contributed by atoms with Gasteiger partial charge >= 0.3 is 5.97 Å². The van der Waals surface area contributed by atoms with Crippen LogP contribution in [0, 0.1) is 0 Å². The number of nitrogens with one attached hydrogen (secondary N) is 1. The molecule has 1 aromatic heterocycles. The molecule has 0 saturated heterocycles. The molecule has 1 rings (SSSR count). The second kappa shape index (κ2) is 3.48. The van der Waals surface area contributed by atoms with E-state index < -0.39 is 5.97 Å². The van der Waals surface area contributed by atoms with Crippen molar-refractivity contribution in [2.24, 2.45) is 0 Å². The van der Waals surface area contributed by atoms with Gasteiger partial charge in [-0.25, -0.2) is 4.98 Å². The highest BCUT2D eigenvalue weighted by molar-refractivity contribution is 9.10. The predicted octanol–water partition coefficient (Wildman–Crippen LogP) is 0.160. The molecule has 0 radical (unpaired) electrons. The molecule has 0 saturated carbocycles. The number of aromatic nitrogens is 2. The second-order valence-electron chi connectivity index (χ2n) is 2.06. The van der Waals surface area contributed by atoms with Crippen LogP contribution >= 0.6 is 15.9 Å². The Morgan fingerprint density at radius 2 is 2.42 bits per heavy atom. The number of nitrogens with zero attached hydrogens (tertiary/aromatic N) is 1. The number of H-pyrrole nitrogens is 1. The van der Waals surface area contributed by atoms with Gasteiger partial charge in [0.1, 0.15) is 4.47 Å². The largest absolute Gasteiger partial charge is 0.481 e. The Balaban J connectivity index is 3.08. The van der Waals surface area contributed by atoms with Crippen molar-refractivity contribution in [3.8, 4) is 0 Å². The molecular weight excluding hydrogens is 228 g/mol. The lowest BCUT2D eigenvalue weighted by molar-refractivity contribution is -0.136. The number of hydrogen-bond acceptors (Lipinski definition) is 3. The van der Waals surface area contributed by atoms with Crippen LogP contribution in [0.15, 0.2) is 15.6 Å². The van der Waals surface area contributed by atoms with Gasteiger partial charge in [0.05, 0.1) is 18.4 Å². The van der Waals surface area contributed by atoms with E-state index in [4.69, 9.17) is 5.11 Å². The van der Waals surface area contributed by atoms with Gasteiger partial charge in [0.2, 0.25) is 0 Å². The normalized spacial score (nSPS) is 9.75. The van der Waals surface area contributed by atoms with Gasteiger partial charge in [0.25, 0.3) is 5.56 Å². The standard InChI is InChI=1S/C6H5BrN2O3/c7-5-3(1-4(10)11)8-2-9-6(5)12/h2H,1H2,(H,10,11)(H,8,9,12). The average molecular weight is 233 g/mol. The molecule has 0 atom stereocenters. The summed E-state index contributed by atoms with van der Waals surface area (Å²) < 4.78 is 0.174. The Morgan fingerprint density at radius 3 is 3.00 bits per heavy atom. The van der Waals surface area contributed by atoms with Crippen molar-refractivity contribution in [3.63, 3.8) is 0 Å². The van der Waals surface area contributed by atoms with Crippen LogP contribution in [0.5, 0.6) is 0 Å². The van der Waals surface area contributed by atoms with Crippen LogP contribution in [0.4, 0.5) is 0 Å². The molecule has 0 unspecified atom stereocenters. The fourth-order valence-electron chi connectivity index (χ4n) is 0.686. The molecule has 0 aliphatic carbocycles. The summed E-state index contributed by atoms with van der Waals surface area (Å²) in [6.07, 6.45) is 0.913. The zero-order valence-corrected chi connectivity index (χ0v) is 7.46. The number of carbonyl (C=O) groups is 1. The Hall–Kier alpha value is -1.17.